The molecule has 0 unspecified atom stereocenters. The zero-order chi connectivity index (χ0) is 10.7. The maximum absolute atomic E-state index is 8.94. The Hall–Kier alpha value is -1.54. The van der Waals surface area contributed by atoms with E-state index < -0.39 is 0 Å². The molecule has 0 aliphatic carbocycles. The van der Waals surface area contributed by atoms with E-state index in [1.165, 1.54) is 0 Å². The highest BCUT2D eigenvalue weighted by Crippen LogP contribution is 2.20. The molecule has 1 heterocycles. The van der Waals surface area contributed by atoms with Gasteiger partial charge in [0.05, 0.1) is 12.3 Å². The Balaban J connectivity index is 3.13. The summed E-state index contributed by atoms with van der Waals surface area (Å²) in [7, 11) is 3.62. The number of aryl methyl sites for hydroxylation is 2. The van der Waals surface area contributed by atoms with E-state index in [1.807, 2.05) is 11.9 Å². The topological polar surface area (TPSA) is 65.1 Å². The number of likely N-dealkylation sites (N-methyl/N-ethyl adjacent to an activating group) is 1. The lowest BCUT2D eigenvalue weighted by atomic mass is 10.2. The molecule has 0 bridgehead atoms. The van der Waals surface area contributed by atoms with Crippen LogP contribution in [0.4, 0.5) is 5.82 Å². The quantitative estimate of drug-likeness (QED) is 0.737. The molecule has 1 aromatic rings. The van der Waals surface area contributed by atoms with Gasteiger partial charge >= 0.3 is 0 Å². The predicted molar refractivity (Wildman–Crippen MR) is 53.0 cm³/mol. The fourth-order valence-corrected chi connectivity index (χ4v) is 1.47. The van der Waals surface area contributed by atoms with E-state index in [4.69, 9.17) is 10.4 Å². The Bertz CT molecular complexity index is 364. The third kappa shape index (κ3) is 1.70. The Kier molecular flexibility index (Phi) is 3.10. The first-order valence-corrected chi connectivity index (χ1v) is 4.37. The van der Waals surface area contributed by atoms with Crippen molar-refractivity contribution in [2.24, 2.45) is 7.05 Å². The molecule has 0 aromatic carbocycles. The van der Waals surface area contributed by atoms with Gasteiger partial charge in [0, 0.05) is 20.6 Å². The smallest absolute Gasteiger partial charge is 0.144 e. The van der Waals surface area contributed by atoms with Crippen molar-refractivity contribution in [3.05, 3.63) is 11.3 Å². The Morgan fingerprint density at radius 1 is 1.64 bits per heavy atom. The van der Waals surface area contributed by atoms with Crippen molar-refractivity contribution in [1.82, 2.24) is 9.78 Å². The number of hydrogen-bond donors (Lipinski definition) is 1. The monoisotopic (exact) mass is 194 g/mol. The van der Waals surface area contributed by atoms with Gasteiger partial charge in [0.25, 0.3) is 0 Å². The van der Waals surface area contributed by atoms with Gasteiger partial charge in [-0.2, -0.15) is 10.4 Å². The van der Waals surface area contributed by atoms with Crippen LogP contribution in [0.2, 0.25) is 0 Å². The molecule has 1 rings (SSSR count). The first kappa shape index (κ1) is 10.5. The van der Waals surface area contributed by atoms with Gasteiger partial charge in [-0.1, -0.05) is 0 Å². The lowest BCUT2D eigenvalue weighted by Crippen LogP contribution is -2.24. The zero-order valence-electron chi connectivity index (χ0n) is 8.65. The average molecular weight is 194 g/mol. The third-order valence-corrected chi connectivity index (χ3v) is 2.10. The fourth-order valence-electron chi connectivity index (χ4n) is 1.47. The van der Waals surface area contributed by atoms with E-state index in [0.717, 1.165) is 11.5 Å². The molecular weight excluding hydrogens is 180 g/mol. The maximum Gasteiger partial charge on any atom is 0.144 e. The molecule has 5 heteroatoms. The number of rotatable bonds is 3. The predicted octanol–water partition coefficient (Wildman–Crippen LogP) is 0.0287. The van der Waals surface area contributed by atoms with Crippen LogP contribution in [0, 0.1) is 18.3 Å². The van der Waals surface area contributed by atoms with E-state index in [2.05, 4.69) is 11.2 Å². The molecule has 0 spiro atoms. The lowest BCUT2D eigenvalue weighted by Gasteiger charge is -2.17. The summed E-state index contributed by atoms with van der Waals surface area (Å²) in [6.07, 6.45) is 0. The first-order chi connectivity index (χ1) is 6.61. The Morgan fingerprint density at radius 2 is 2.29 bits per heavy atom. The molecule has 0 radical (unpaired) electrons. The van der Waals surface area contributed by atoms with Crippen LogP contribution in [0.3, 0.4) is 0 Å². The summed E-state index contributed by atoms with van der Waals surface area (Å²) in [6, 6.07) is 2.12. The van der Waals surface area contributed by atoms with Crippen molar-refractivity contribution < 1.29 is 5.11 Å². The number of nitrogens with zero attached hydrogens (tertiary/aromatic N) is 4. The second-order valence-electron chi connectivity index (χ2n) is 3.16. The Labute approximate surface area is 83.2 Å². The van der Waals surface area contributed by atoms with Gasteiger partial charge in [-0.25, -0.2) is 0 Å². The van der Waals surface area contributed by atoms with Crippen LogP contribution < -0.4 is 4.90 Å². The lowest BCUT2D eigenvalue weighted by molar-refractivity contribution is 0.303. The van der Waals surface area contributed by atoms with Crippen molar-refractivity contribution in [3.63, 3.8) is 0 Å². The molecule has 14 heavy (non-hydrogen) atoms. The number of aliphatic hydroxyl groups excluding tert-OH is 1. The van der Waals surface area contributed by atoms with E-state index in [1.54, 1.807) is 18.7 Å². The van der Waals surface area contributed by atoms with Crippen LogP contribution in [-0.2, 0) is 7.05 Å². The summed E-state index contributed by atoms with van der Waals surface area (Å²) < 4.78 is 1.66. The van der Waals surface area contributed by atoms with Crippen LogP contribution in [-0.4, -0.2) is 35.1 Å². The zero-order valence-corrected chi connectivity index (χ0v) is 8.65. The van der Waals surface area contributed by atoms with Gasteiger partial charge < -0.3 is 10.0 Å². The van der Waals surface area contributed by atoms with Crippen LogP contribution in [0.25, 0.3) is 0 Å². The van der Waals surface area contributed by atoms with Crippen molar-refractivity contribution in [3.8, 4) is 6.07 Å². The summed E-state index contributed by atoms with van der Waals surface area (Å²) >= 11 is 0. The highest BCUT2D eigenvalue weighted by Gasteiger charge is 2.15. The van der Waals surface area contributed by atoms with Crippen molar-refractivity contribution in [2.75, 3.05) is 25.1 Å². The van der Waals surface area contributed by atoms with Gasteiger partial charge in [-0.05, 0) is 6.92 Å². The first-order valence-electron chi connectivity index (χ1n) is 4.37. The number of nitriles is 1. The van der Waals surface area contributed by atoms with Gasteiger partial charge in [0.2, 0.25) is 0 Å². The van der Waals surface area contributed by atoms with Crippen molar-refractivity contribution >= 4 is 5.82 Å². The molecule has 0 amide bonds. The number of hydrogen-bond acceptors (Lipinski definition) is 4. The highest BCUT2D eigenvalue weighted by molar-refractivity contribution is 5.56. The van der Waals surface area contributed by atoms with Crippen molar-refractivity contribution in [2.45, 2.75) is 6.92 Å². The van der Waals surface area contributed by atoms with Crippen LogP contribution in [0.1, 0.15) is 11.3 Å². The van der Waals surface area contributed by atoms with Gasteiger partial charge in [-0.15, -0.1) is 0 Å². The van der Waals surface area contributed by atoms with Gasteiger partial charge in [0.15, 0.2) is 0 Å². The summed E-state index contributed by atoms with van der Waals surface area (Å²) in [6.45, 7) is 2.36. The number of aliphatic hydroxyl groups is 1. The van der Waals surface area contributed by atoms with E-state index in [9.17, 15) is 0 Å². The second kappa shape index (κ2) is 4.11. The average Bonchev–Trinajstić information content (AvgIpc) is 2.40. The molecule has 0 aliphatic heterocycles. The fraction of sp³-hybridized carbons (Fsp3) is 0.556. The Morgan fingerprint density at radius 3 is 2.79 bits per heavy atom. The molecule has 1 aromatic heterocycles. The molecule has 5 nitrogen and oxygen atoms in total. The minimum absolute atomic E-state index is 0.0611. The molecule has 76 valence electrons. The second-order valence-corrected chi connectivity index (χ2v) is 3.16. The van der Waals surface area contributed by atoms with Crippen LogP contribution >= 0.6 is 0 Å². The molecule has 0 saturated carbocycles. The molecule has 0 saturated heterocycles. The largest absolute Gasteiger partial charge is 0.395 e. The molecule has 0 atom stereocenters. The standard InChI is InChI=1S/C9H14N4O/c1-7-8(6-10)9(13(3)11-7)12(2)4-5-14/h14H,4-5H2,1-3H3. The van der Waals surface area contributed by atoms with Crippen molar-refractivity contribution in [1.29, 1.82) is 5.26 Å². The maximum atomic E-state index is 8.94. The third-order valence-electron chi connectivity index (χ3n) is 2.10. The minimum Gasteiger partial charge on any atom is -0.395 e. The molecular formula is C9H14N4O. The summed E-state index contributed by atoms with van der Waals surface area (Å²) in [4.78, 5) is 1.82. The number of aromatic nitrogens is 2. The minimum atomic E-state index is 0.0611. The molecule has 0 aliphatic rings. The van der Waals surface area contributed by atoms with Gasteiger partial charge in [0.1, 0.15) is 17.5 Å². The molecule has 1 N–H and O–H groups in total. The number of anilines is 1. The summed E-state index contributed by atoms with van der Waals surface area (Å²) in [5.74, 6) is 0.749. The highest BCUT2D eigenvalue weighted by atomic mass is 16.3. The van der Waals surface area contributed by atoms with E-state index in [-0.39, 0.29) is 6.61 Å². The normalized spacial score (nSPS) is 9.93. The summed E-state index contributed by atoms with van der Waals surface area (Å²) in [5, 5.41) is 21.9. The van der Waals surface area contributed by atoms with E-state index in [0.29, 0.717) is 12.1 Å². The van der Waals surface area contributed by atoms with Crippen LogP contribution in [0.5, 0.6) is 0 Å². The SMILES string of the molecule is Cc1nn(C)c(N(C)CCO)c1C#N. The molecule has 0 fully saturated rings. The van der Waals surface area contributed by atoms with E-state index >= 15 is 0 Å². The van der Waals surface area contributed by atoms with Crippen LogP contribution in [0.15, 0.2) is 0 Å². The van der Waals surface area contributed by atoms with Gasteiger partial charge in [-0.3, -0.25) is 4.68 Å². The summed E-state index contributed by atoms with van der Waals surface area (Å²) in [5.41, 5.74) is 1.29.